The standard InChI is InChI=1S/C12H12BrN3O2S/c1-9(12-4-2-3-5-15-12)16-19(17,18)11-6-10(13)7-14-8-11/h2-9,16H,1H3. The van der Waals surface area contributed by atoms with Gasteiger partial charge in [0.1, 0.15) is 4.90 Å². The maximum atomic E-state index is 12.2. The molecule has 0 aliphatic rings. The van der Waals surface area contributed by atoms with E-state index in [9.17, 15) is 8.42 Å². The summed E-state index contributed by atoms with van der Waals surface area (Å²) < 4.78 is 27.5. The number of rotatable bonds is 4. The van der Waals surface area contributed by atoms with E-state index in [1.807, 2.05) is 6.07 Å². The molecular weight excluding hydrogens is 330 g/mol. The Labute approximate surface area is 120 Å². The minimum atomic E-state index is -3.61. The molecule has 2 rings (SSSR count). The quantitative estimate of drug-likeness (QED) is 0.925. The van der Waals surface area contributed by atoms with Crippen LogP contribution in [0.25, 0.3) is 0 Å². The highest BCUT2D eigenvalue weighted by Crippen LogP contribution is 2.17. The van der Waals surface area contributed by atoms with Crippen molar-refractivity contribution in [2.75, 3.05) is 0 Å². The minimum Gasteiger partial charge on any atom is -0.262 e. The molecule has 19 heavy (non-hydrogen) atoms. The fraction of sp³-hybridized carbons (Fsp3) is 0.167. The molecule has 0 aromatic carbocycles. The van der Waals surface area contributed by atoms with E-state index in [0.717, 1.165) is 0 Å². The van der Waals surface area contributed by atoms with Crippen LogP contribution < -0.4 is 4.72 Å². The van der Waals surface area contributed by atoms with Crippen LogP contribution in [0.4, 0.5) is 0 Å². The van der Waals surface area contributed by atoms with Crippen molar-refractivity contribution in [1.29, 1.82) is 0 Å². The molecule has 0 fully saturated rings. The largest absolute Gasteiger partial charge is 0.262 e. The summed E-state index contributed by atoms with van der Waals surface area (Å²) in [5.74, 6) is 0. The van der Waals surface area contributed by atoms with Gasteiger partial charge in [0.25, 0.3) is 0 Å². The Morgan fingerprint density at radius 2 is 2.11 bits per heavy atom. The summed E-state index contributed by atoms with van der Waals surface area (Å²) in [7, 11) is -3.61. The van der Waals surface area contributed by atoms with Crippen LogP contribution in [0.15, 0.2) is 52.2 Å². The molecule has 0 saturated heterocycles. The lowest BCUT2D eigenvalue weighted by molar-refractivity contribution is 0.563. The van der Waals surface area contributed by atoms with E-state index in [4.69, 9.17) is 0 Å². The molecule has 1 N–H and O–H groups in total. The van der Waals surface area contributed by atoms with Crippen LogP contribution in [0.1, 0.15) is 18.7 Å². The van der Waals surface area contributed by atoms with Crippen LogP contribution >= 0.6 is 15.9 Å². The number of sulfonamides is 1. The van der Waals surface area contributed by atoms with E-state index in [1.165, 1.54) is 18.5 Å². The topological polar surface area (TPSA) is 72.0 Å². The Kier molecular flexibility index (Phi) is 4.28. The number of aromatic nitrogens is 2. The highest BCUT2D eigenvalue weighted by Gasteiger charge is 2.19. The molecule has 2 aromatic rings. The Bertz CT molecular complexity index is 662. The maximum absolute atomic E-state index is 12.2. The molecule has 5 nitrogen and oxygen atoms in total. The highest BCUT2D eigenvalue weighted by atomic mass is 79.9. The van der Waals surface area contributed by atoms with E-state index in [1.54, 1.807) is 25.3 Å². The molecule has 0 spiro atoms. The lowest BCUT2D eigenvalue weighted by Crippen LogP contribution is -2.27. The van der Waals surface area contributed by atoms with Crippen molar-refractivity contribution in [1.82, 2.24) is 14.7 Å². The maximum Gasteiger partial charge on any atom is 0.242 e. The number of hydrogen-bond acceptors (Lipinski definition) is 4. The van der Waals surface area contributed by atoms with E-state index in [-0.39, 0.29) is 4.90 Å². The van der Waals surface area contributed by atoms with Crippen molar-refractivity contribution in [2.45, 2.75) is 17.9 Å². The molecule has 0 radical (unpaired) electrons. The fourth-order valence-electron chi connectivity index (χ4n) is 1.53. The van der Waals surface area contributed by atoms with Crippen molar-refractivity contribution < 1.29 is 8.42 Å². The van der Waals surface area contributed by atoms with Gasteiger partial charge in [0.2, 0.25) is 10.0 Å². The van der Waals surface area contributed by atoms with E-state index >= 15 is 0 Å². The monoisotopic (exact) mass is 341 g/mol. The minimum absolute atomic E-state index is 0.115. The van der Waals surface area contributed by atoms with Crippen LogP contribution in [0.5, 0.6) is 0 Å². The van der Waals surface area contributed by atoms with Crippen molar-refractivity contribution in [3.63, 3.8) is 0 Å². The lowest BCUT2D eigenvalue weighted by Gasteiger charge is -2.13. The predicted octanol–water partition coefficient (Wildman–Crippen LogP) is 2.28. The zero-order valence-corrected chi connectivity index (χ0v) is 12.5. The summed E-state index contributed by atoms with van der Waals surface area (Å²) in [4.78, 5) is 8.09. The Balaban J connectivity index is 2.23. The lowest BCUT2D eigenvalue weighted by atomic mass is 10.2. The van der Waals surface area contributed by atoms with Gasteiger partial charge in [0, 0.05) is 23.1 Å². The number of halogens is 1. The average Bonchev–Trinajstić information content (AvgIpc) is 2.39. The second-order valence-electron chi connectivity index (χ2n) is 3.94. The van der Waals surface area contributed by atoms with Gasteiger partial charge in [0.05, 0.1) is 11.7 Å². The summed E-state index contributed by atoms with van der Waals surface area (Å²) >= 11 is 3.20. The molecule has 0 amide bonds. The van der Waals surface area contributed by atoms with Gasteiger partial charge in [-0.2, -0.15) is 0 Å². The van der Waals surface area contributed by atoms with E-state index in [2.05, 4.69) is 30.6 Å². The zero-order chi connectivity index (χ0) is 13.9. The van der Waals surface area contributed by atoms with Crippen LogP contribution in [-0.4, -0.2) is 18.4 Å². The molecule has 7 heteroatoms. The third kappa shape index (κ3) is 3.59. The van der Waals surface area contributed by atoms with Crippen molar-refractivity contribution >= 4 is 26.0 Å². The first-order valence-electron chi connectivity index (χ1n) is 5.53. The van der Waals surface area contributed by atoms with Crippen molar-refractivity contribution in [2.24, 2.45) is 0 Å². The van der Waals surface area contributed by atoms with Crippen molar-refractivity contribution in [3.05, 3.63) is 53.0 Å². The summed E-state index contributed by atoms with van der Waals surface area (Å²) in [6.45, 7) is 1.74. The molecule has 0 bridgehead atoms. The normalized spacial score (nSPS) is 13.2. The first-order chi connectivity index (χ1) is 8.99. The van der Waals surface area contributed by atoms with E-state index < -0.39 is 16.1 Å². The molecule has 0 aliphatic carbocycles. The first-order valence-corrected chi connectivity index (χ1v) is 7.80. The van der Waals surface area contributed by atoms with Gasteiger partial charge in [-0.15, -0.1) is 0 Å². The second kappa shape index (κ2) is 5.77. The van der Waals surface area contributed by atoms with Gasteiger partial charge in [-0.05, 0) is 41.1 Å². The first kappa shape index (κ1) is 14.1. The summed E-state index contributed by atoms with van der Waals surface area (Å²) in [6.07, 6.45) is 4.46. The second-order valence-corrected chi connectivity index (χ2v) is 6.57. The number of nitrogens with one attached hydrogen (secondary N) is 1. The number of pyridine rings is 2. The van der Waals surface area contributed by atoms with Gasteiger partial charge in [0.15, 0.2) is 0 Å². The summed E-state index contributed by atoms with van der Waals surface area (Å²) in [6, 6.07) is 6.45. The van der Waals surface area contributed by atoms with Gasteiger partial charge in [-0.3, -0.25) is 9.97 Å². The fourth-order valence-corrected chi connectivity index (χ4v) is 3.25. The SMILES string of the molecule is CC(NS(=O)(=O)c1cncc(Br)c1)c1ccccn1. The molecule has 2 heterocycles. The van der Waals surface area contributed by atoms with Crippen LogP contribution in [0, 0.1) is 0 Å². The average molecular weight is 342 g/mol. The Hall–Kier alpha value is -1.31. The zero-order valence-electron chi connectivity index (χ0n) is 10.1. The molecule has 1 atom stereocenters. The smallest absolute Gasteiger partial charge is 0.242 e. The predicted molar refractivity (Wildman–Crippen MR) is 74.9 cm³/mol. The van der Waals surface area contributed by atoms with E-state index in [0.29, 0.717) is 10.2 Å². The number of nitrogens with zero attached hydrogens (tertiary/aromatic N) is 2. The third-order valence-corrected chi connectivity index (χ3v) is 4.39. The molecule has 0 aliphatic heterocycles. The van der Waals surface area contributed by atoms with Crippen LogP contribution in [-0.2, 0) is 10.0 Å². The van der Waals surface area contributed by atoms with Gasteiger partial charge < -0.3 is 0 Å². The highest BCUT2D eigenvalue weighted by molar-refractivity contribution is 9.10. The molecule has 100 valence electrons. The van der Waals surface area contributed by atoms with Gasteiger partial charge in [-0.1, -0.05) is 6.07 Å². The molecular formula is C12H12BrN3O2S. The van der Waals surface area contributed by atoms with Crippen LogP contribution in [0.2, 0.25) is 0 Å². The summed E-state index contributed by atoms with van der Waals surface area (Å²) in [5.41, 5.74) is 0.661. The van der Waals surface area contributed by atoms with Crippen molar-refractivity contribution in [3.8, 4) is 0 Å². The molecule has 1 unspecified atom stereocenters. The Morgan fingerprint density at radius 3 is 2.74 bits per heavy atom. The van der Waals surface area contributed by atoms with Crippen LogP contribution in [0.3, 0.4) is 0 Å². The number of hydrogen-bond donors (Lipinski definition) is 1. The summed E-state index contributed by atoms with van der Waals surface area (Å²) in [5, 5.41) is 0. The molecule has 2 aromatic heterocycles. The third-order valence-electron chi connectivity index (χ3n) is 2.45. The Morgan fingerprint density at radius 1 is 1.32 bits per heavy atom. The molecule has 0 saturated carbocycles. The van der Waals surface area contributed by atoms with Gasteiger partial charge in [-0.25, -0.2) is 13.1 Å². The van der Waals surface area contributed by atoms with Gasteiger partial charge >= 0.3 is 0 Å².